The Kier molecular flexibility index (Phi) is 8.24. The summed E-state index contributed by atoms with van der Waals surface area (Å²) >= 11 is 0. The van der Waals surface area contributed by atoms with Crippen LogP contribution in [0.2, 0.25) is 0 Å². The van der Waals surface area contributed by atoms with Crippen molar-refractivity contribution in [2.45, 2.75) is 51.9 Å². The van der Waals surface area contributed by atoms with Gasteiger partial charge in [0.15, 0.2) is 5.30 Å². The summed E-state index contributed by atoms with van der Waals surface area (Å²) in [6.45, 7) is 2.63. The topological polar surface area (TPSA) is 49.7 Å². The number of benzene rings is 1. The van der Waals surface area contributed by atoms with E-state index in [1.54, 1.807) is 24.3 Å². The third-order valence-electron chi connectivity index (χ3n) is 3.11. The lowest BCUT2D eigenvalue weighted by molar-refractivity contribution is 0.234. The first-order valence-electron chi connectivity index (χ1n) is 7.21. The Morgan fingerprint density at radius 3 is 2.11 bits per heavy atom. The standard InChI is InChI=1S/C15H26O3P/c1-2-3-4-5-6-7-11-14-18-19(16,17)15-12-9-8-10-13-15/h8-10,12-13,16-17H,2-7,11,14H2,1H3/q+1. The molecule has 0 fully saturated rings. The van der Waals surface area contributed by atoms with Crippen molar-refractivity contribution < 1.29 is 14.3 Å². The maximum absolute atomic E-state index is 9.90. The van der Waals surface area contributed by atoms with E-state index in [2.05, 4.69) is 6.92 Å². The van der Waals surface area contributed by atoms with Crippen molar-refractivity contribution in [3.63, 3.8) is 0 Å². The molecule has 0 unspecified atom stereocenters. The summed E-state index contributed by atoms with van der Waals surface area (Å²) in [4.78, 5) is 19.8. The Balaban J connectivity index is 2.12. The minimum Gasteiger partial charge on any atom is -0.188 e. The third kappa shape index (κ3) is 7.03. The average molecular weight is 285 g/mol. The molecule has 4 heteroatoms. The molecule has 0 radical (unpaired) electrons. The second-order valence-corrected chi connectivity index (χ2v) is 6.70. The molecule has 0 saturated carbocycles. The van der Waals surface area contributed by atoms with Crippen molar-refractivity contribution in [1.29, 1.82) is 0 Å². The minimum absolute atomic E-state index is 0.420. The molecule has 0 aliphatic heterocycles. The van der Waals surface area contributed by atoms with Crippen LogP contribution in [0.4, 0.5) is 0 Å². The van der Waals surface area contributed by atoms with Gasteiger partial charge in [-0.3, -0.25) is 0 Å². The lowest BCUT2D eigenvalue weighted by atomic mass is 10.1. The Hall–Kier alpha value is -0.470. The molecular weight excluding hydrogens is 259 g/mol. The van der Waals surface area contributed by atoms with E-state index in [1.807, 2.05) is 6.07 Å². The summed E-state index contributed by atoms with van der Waals surface area (Å²) in [6.07, 6.45) is 8.34. The van der Waals surface area contributed by atoms with Crippen molar-refractivity contribution in [2.75, 3.05) is 6.61 Å². The van der Waals surface area contributed by atoms with Crippen molar-refractivity contribution in [3.8, 4) is 0 Å². The zero-order chi connectivity index (χ0) is 14.0. The van der Waals surface area contributed by atoms with Crippen LogP contribution in [0.25, 0.3) is 0 Å². The molecule has 0 atom stereocenters. The van der Waals surface area contributed by atoms with E-state index in [0.29, 0.717) is 11.9 Å². The molecule has 0 heterocycles. The first-order valence-corrected chi connectivity index (χ1v) is 8.83. The van der Waals surface area contributed by atoms with E-state index in [4.69, 9.17) is 4.52 Å². The maximum atomic E-state index is 9.90. The van der Waals surface area contributed by atoms with E-state index in [9.17, 15) is 9.79 Å². The van der Waals surface area contributed by atoms with Gasteiger partial charge < -0.3 is 0 Å². The fourth-order valence-electron chi connectivity index (χ4n) is 1.95. The highest BCUT2D eigenvalue weighted by atomic mass is 31.2. The molecule has 2 N–H and O–H groups in total. The van der Waals surface area contributed by atoms with Crippen LogP contribution in [0.15, 0.2) is 30.3 Å². The highest BCUT2D eigenvalue weighted by molar-refractivity contribution is 7.67. The average Bonchev–Trinajstić information content (AvgIpc) is 2.43. The van der Waals surface area contributed by atoms with Crippen LogP contribution in [0, 0.1) is 0 Å². The van der Waals surface area contributed by atoms with E-state index in [-0.39, 0.29) is 0 Å². The van der Waals surface area contributed by atoms with E-state index >= 15 is 0 Å². The largest absolute Gasteiger partial charge is 0.443 e. The monoisotopic (exact) mass is 285 g/mol. The van der Waals surface area contributed by atoms with Crippen molar-refractivity contribution in [1.82, 2.24) is 0 Å². The van der Waals surface area contributed by atoms with Gasteiger partial charge in [-0.25, -0.2) is 0 Å². The second kappa shape index (κ2) is 9.44. The van der Waals surface area contributed by atoms with E-state index < -0.39 is 7.94 Å². The number of unbranched alkanes of at least 4 members (excludes halogenated alkanes) is 6. The molecule has 1 aromatic carbocycles. The molecule has 1 aromatic rings. The summed E-state index contributed by atoms with van der Waals surface area (Å²) in [5, 5.41) is 0.484. The van der Waals surface area contributed by atoms with E-state index in [0.717, 1.165) is 12.8 Å². The Morgan fingerprint density at radius 1 is 0.895 bits per heavy atom. The third-order valence-corrected chi connectivity index (χ3v) is 4.63. The summed E-state index contributed by atoms with van der Waals surface area (Å²) in [7, 11) is -3.36. The smallest absolute Gasteiger partial charge is 0.188 e. The lowest BCUT2D eigenvalue weighted by Gasteiger charge is -2.10. The Labute approximate surface area is 117 Å². The highest BCUT2D eigenvalue weighted by Gasteiger charge is 2.38. The SMILES string of the molecule is CCCCCCCCCO[P+](O)(O)c1ccccc1. The minimum atomic E-state index is -3.36. The fourth-order valence-corrected chi connectivity index (χ4v) is 3.04. The summed E-state index contributed by atoms with van der Waals surface area (Å²) in [5.41, 5.74) is 0. The number of hydrogen-bond acceptors (Lipinski definition) is 3. The first-order chi connectivity index (χ1) is 9.17. The van der Waals surface area contributed by atoms with Crippen LogP contribution >= 0.6 is 7.94 Å². The quantitative estimate of drug-likeness (QED) is 0.507. The van der Waals surface area contributed by atoms with Gasteiger partial charge in [0, 0.05) is 0 Å². The van der Waals surface area contributed by atoms with Gasteiger partial charge in [-0.1, -0.05) is 63.6 Å². The van der Waals surface area contributed by atoms with Crippen LogP contribution in [-0.4, -0.2) is 16.4 Å². The Morgan fingerprint density at radius 2 is 1.47 bits per heavy atom. The molecule has 0 aromatic heterocycles. The van der Waals surface area contributed by atoms with Gasteiger partial charge in [0.1, 0.15) is 0 Å². The molecule has 0 aliphatic carbocycles. The summed E-state index contributed by atoms with van der Waals surface area (Å²) < 4.78 is 5.27. The first kappa shape index (κ1) is 16.6. The highest BCUT2D eigenvalue weighted by Crippen LogP contribution is 2.49. The normalized spacial score (nSPS) is 11.7. The molecule has 19 heavy (non-hydrogen) atoms. The Bertz CT molecular complexity index is 327. The van der Waals surface area contributed by atoms with Gasteiger partial charge in [-0.15, -0.1) is 0 Å². The maximum Gasteiger partial charge on any atom is 0.443 e. The van der Waals surface area contributed by atoms with Gasteiger partial charge in [-0.05, 0) is 18.6 Å². The number of rotatable bonds is 10. The molecule has 0 bridgehead atoms. The van der Waals surface area contributed by atoms with Crippen LogP contribution in [0.1, 0.15) is 51.9 Å². The van der Waals surface area contributed by atoms with Gasteiger partial charge in [0.25, 0.3) is 0 Å². The van der Waals surface area contributed by atoms with Gasteiger partial charge in [-0.2, -0.15) is 14.3 Å². The summed E-state index contributed by atoms with van der Waals surface area (Å²) in [6, 6.07) is 8.80. The van der Waals surface area contributed by atoms with Crippen molar-refractivity contribution in [2.24, 2.45) is 0 Å². The van der Waals surface area contributed by atoms with Gasteiger partial charge >= 0.3 is 7.94 Å². The van der Waals surface area contributed by atoms with Crippen molar-refractivity contribution >= 4 is 13.2 Å². The van der Waals surface area contributed by atoms with Crippen LogP contribution < -0.4 is 5.30 Å². The lowest BCUT2D eigenvalue weighted by Crippen LogP contribution is -2.13. The fraction of sp³-hybridized carbons (Fsp3) is 0.600. The molecule has 0 aliphatic rings. The molecule has 108 valence electrons. The van der Waals surface area contributed by atoms with Crippen LogP contribution in [-0.2, 0) is 4.52 Å². The van der Waals surface area contributed by atoms with Crippen LogP contribution in [0.3, 0.4) is 0 Å². The molecule has 3 nitrogen and oxygen atoms in total. The van der Waals surface area contributed by atoms with Gasteiger partial charge in [0.05, 0.1) is 6.61 Å². The van der Waals surface area contributed by atoms with Crippen molar-refractivity contribution in [3.05, 3.63) is 30.3 Å². The van der Waals surface area contributed by atoms with Gasteiger partial charge in [0.2, 0.25) is 0 Å². The molecule has 1 rings (SSSR count). The number of hydrogen-bond donors (Lipinski definition) is 2. The predicted octanol–water partition coefficient (Wildman–Crippen LogP) is 3.83. The van der Waals surface area contributed by atoms with Crippen LogP contribution in [0.5, 0.6) is 0 Å². The molecule has 0 spiro atoms. The van der Waals surface area contributed by atoms with E-state index in [1.165, 1.54) is 32.1 Å². The summed E-state index contributed by atoms with van der Waals surface area (Å²) in [5.74, 6) is 0. The predicted molar refractivity (Wildman–Crippen MR) is 81.4 cm³/mol. The molecule has 0 amide bonds. The zero-order valence-corrected chi connectivity index (χ0v) is 12.7. The molecule has 0 saturated heterocycles. The molecular formula is C15H26O3P+. The zero-order valence-electron chi connectivity index (χ0n) is 11.8. The second-order valence-electron chi connectivity index (χ2n) is 4.83.